The molecule has 0 bridgehead atoms. The fraction of sp³-hybridized carbons (Fsp3) is 0.600. The molecule has 0 aromatic heterocycles. The van der Waals surface area contributed by atoms with Crippen LogP contribution in [0, 0.1) is 0 Å². The molecule has 0 heterocycles. The molecule has 0 radical (unpaired) electrons. The number of aliphatic hydroxyl groups excluding tert-OH is 1. The maximum atomic E-state index is 10.4. The van der Waals surface area contributed by atoms with Crippen molar-refractivity contribution in [1.29, 1.82) is 0 Å². The lowest BCUT2D eigenvalue weighted by Crippen LogP contribution is -2.44. The van der Waals surface area contributed by atoms with E-state index in [1.165, 1.54) is 0 Å². The van der Waals surface area contributed by atoms with Crippen molar-refractivity contribution in [1.82, 2.24) is 0 Å². The fourth-order valence-electron chi connectivity index (χ4n) is 1.67. The third-order valence-corrected chi connectivity index (χ3v) is 8.87. The van der Waals surface area contributed by atoms with Crippen LogP contribution in [-0.2, 0) is 4.43 Å². The monoisotopic (exact) mass is 300 g/mol. The van der Waals surface area contributed by atoms with E-state index in [4.69, 9.17) is 16.0 Å². The topological polar surface area (TPSA) is 29.5 Å². The molecule has 19 heavy (non-hydrogen) atoms. The van der Waals surface area contributed by atoms with Gasteiger partial charge in [0.25, 0.3) is 0 Å². The lowest BCUT2D eigenvalue weighted by molar-refractivity contribution is 0.0380. The molecule has 4 heteroatoms. The Kier molecular flexibility index (Phi) is 5.24. The van der Waals surface area contributed by atoms with E-state index in [0.29, 0.717) is 5.02 Å². The van der Waals surface area contributed by atoms with Crippen LogP contribution < -0.4 is 0 Å². The molecule has 0 aliphatic carbocycles. The van der Waals surface area contributed by atoms with Gasteiger partial charge in [0.15, 0.2) is 8.32 Å². The number of rotatable bonds is 4. The van der Waals surface area contributed by atoms with Crippen molar-refractivity contribution >= 4 is 19.9 Å². The Balaban J connectivity index is 2.85. The second-order valence-electron chi connectivity index (χ2n) is 6.55. The van der Waals surface area contributed by atoms with Crippen LogP contribution in [0.5, 0.6) is 0 Å². The van der Waals surface area contributed by atoms with Gasteiger partial charge in [-0.15, -0.1) is 0 Å². The summed E-state index contributed by atoms with van der Waals surface area (Å²) < 4.78 is 6.20. The SMILES string of the molecule is C[C@H](O[Si](C)(C)C(C)(C)C)[C@@H](O)c1ccccc1Cl. The van der Waals surface area contributed by atoms with Gasteiger partial charge in [-0.2, -0.15) is 0 Å². The number of benzene rings is 1. The Bertz CT molecular complexity index is 426. The van der Waals surface area contributed by atoms with Crippen molar-refractivity contribution in [2.75, 3.05) is 0 Å². The number of aliphatic hydroxyl groups is 1. The molecule has 1 aromatic rings. The number of hydrogen-bond acceptors (Lipinski definition) is 2. The van der Waals surface area contributed by atoms with Gasteiger partial charge >= 0.3 is 0 Å². The largest absolute Gasteiger partial charge is 0.411 e. The van der Waals surface area contributed by atoms with E-state index in [9.17, 15) is 5.11 Å². The molecule has 108 valence electrons. The summed E-state index contributed by atoms with van der Waals surface area (Å²) in [5, 5.41) is 11.1. The fourth-order valence-corrected chi connectivity index (χ4v) is 3.33. The van der Waals surface area contributed by atoms with Crippen molar-refractivity contribution < 1.29 is 9.53 Å². The first-order valence-corrected chi connectivity index (χ1v) is 9.95. The zero-order chi connectivity index (χ0) is 14.8. The molecule has 2 atom stereocenters. The summed E-state index contributed by atoms with van der Waals surface area (Å²) in [4.78, 5) is 0. The summed E-state index contributed by atoms with van der Waals surface area (Å²) in [6, 6.07) is 7.37. The minimum absolute atomic E-state index is 0.126. The predicted molar refractivity (Wildman–Crippen MR) is 84.2 cm³/mol. The molecule has 0 amide bonds. The van der Waals surface area contributed by atoms with Gasteiger partial charge in [-0.05, 0) is 31.1 Å². The van der Waals surface area contributed by atoms with Gasteiger partial charge in [-0.25, -0.2) is 0 Å². The van der Waals surface area contributed by atoms with Crippen LogP contribution in [-0.4, -0.2) is 19.5 Å². The normalized spacial score (nSPS) is 16.2. The summed E-state index contributed by atoms with van der Waals surface area (Å²) in [7, 11) is -1.88. The smallest absolute Gasteiger partial charge is 0.192 e. The third kappa shape index (κ3) is 4.05. The Labute approximate surface area is 122 Å². The van der Waals surface area contributed by atoms with Crippen LogP contribution in [0.4, 0.5) is 0 Å². The van der Waals surface area contributed by atoms with Crippen LogP contribution >= 0.6 is 11.6 Å². The predicted octanol–water partition coefficient (Wildman–Crippen LogP) is 4.78. The highest BCUT2D eigenvalue weighted by Gasteiger charge is 2.39. The third-order valence-electron chi connectivity index (χ3n) is 3.96. The van der Waals surface area contributed by atoms with E-state index in [-0.39, 0.29) is 11.1 Å². The second kappa shape index (κ2) is 5.96. The zero-order valence-electron chi connectivity index (χ0n) is 12.7. The first kappa shape index (κ1) is 16.7. The van der Waals surface area contributed by atoms with Gasteiger partial charge in [-0.1, -0.05) is 50.6 Å². The van der Waals surface area contributed by atoms with E-state index < -0.39 is 14.4 Å². The van der Waals surface area contributed by atoms with Crippen molar-refractivity contribution in [3.63, 3.8) is 0 Å². The molecule has 0 aliphatic rings. The second-order valence-corrected chi connectivity index (χ2v) is 11.7. The van der Waals surface area contributed by atoms with E-state index >= 15 is 0 Å². The van der Waals surface area contributed by atoms with Crippen molar-refractivity contribution in [3.8, 4) is 0 Å². The van der Waals surface area contributed by atoms with Gasteiger partial charge < -0.3 is 9.53 Å². The molecular formula is C15H25ClO2Si. The molecular weight excluding hydrogens is 276 g/mol. The van der Waals surface area contributed by atoms with Crippen LogP contribution in [0.3, 0.4) is 0 Å². The van der Waals surface area contributed by atoms with Crippen molar-refractivity contribution in [2.24, 2.45) is 0 Å². The Morgan fingerprint density at radius 1 is 1.21 bits per heavy atom. The quantitative estimate of drug-likeness (QED) is 0.811. The minimum atomic E-state index is -1.88. The van der Waals surface area contributed by atoms with Crippen LogP contribution in [0.25, 0.3) is 0 Å². The standard InChI is InChI=1S/C15H25ClO2Si/c1-11(18-19(5,6)15(2,3)4)14(17)12-9-7-8-10-13(12)16/h7-11,14,17H,1-6H3/t11-,14+/m0/s1. The first-order chi connectivity index (χ1) is 8.56. The van der Waals surface area contributed by atoms with E-state index in [1.54, 1.807) is 6.07 Å². The molecule has 1 rings (SSSR count). The number of hydrogen-bond donors (Lipinski definition) is 1. The molecule has 0 spiro atoms. The minimum Gasteiger partial charge on any atom is -0.411 e. The molecule has 0 saturated heterocycles. The van der Waals surface area contributed by atoms with Crippen molar-refractivity contribution in [3.05, 3.63) is 34.9 Å². The van der Waals surface area contributed by atoms with E-state index in [1.807, 2.05) is 25.1 Å². The number of halogens is 1. The molecule has 1 N–H and O–H groups in total. The maximum absolute atomic E-state index is 10.4. The lowest BCUT2D eigenvalue weighted by Gasteiger charge is -2.39. The summed E-state index contributed by atoms with van der Waals surface area (Å²) in [5.74, 6) is 0. The summed E-state index contributed by atoms with van der Waals surface area (Å²) >= 11 is 6.12. The van der Waals surface area contributed by atoms with Crippen LogP contribution in [0.2, 0.25) is 23.2 Å². The summed E-state index contributed by atoms with van der Waals surface area (Å²) in [6.07, 6.45) is -0.955. The highest BCUT2D eigenvalue weighted by Crippen LogP contribution is 2.39. The Morgan fingerprint density at radius 3 is 2.21 bits per heavy atom. The maximum Gasteiger partial charge on any atom is 0.192 e. The van der Waals surface area contributed by atoms with Gasteiger partial charge in [0.1, 0.15) is 6.10 Å². The Hall–Kier alpha value is -0.353. The molecule has 0 saturated carbocycles. The average Bonchev–Trinajstić information content (AvgIpc) is 2.26. The highest BCUT2D eigenvalue weighted by atomic mass is 35.5. The molecule has 1 aromatic carbocycles. The van der Waals surface area contributed by atoms with Gasteiger partial charge in [0.2, 0.25) is 0 Å². The average molecular weight is 301 g/mol. The molecule has 0 fully saturated rings. The van der Waals surface area contributed by atoms with E-state index in [2.05, 4.69) is 33.9 Å². The van der Waals surface area contributed by atoms with Gasteiger partial charge in [0.05, 0.1) is 6.10 Å². The highest BCUT2D eigenvalue weighted by molar-refractivity contribution is 6.74. The van der Waals surface area contributed by atoms with Gasteiger partial charge in [0, 0.05) is 10.6 Å². The zero-order valence-corrected chi connectivity index (χ0v) is 14.5. The van der Waals surface area contributed by atoms with E-state index in [0.717, 1.165) is 5.56 Å². The van der Waals surface area contributed by atoms with Crippen LogP contribution in [0.1, 0.15) is 39.4 Å². The molecule has 0 aliphatic heterocycles. The Morgan fingerprint density at radius 2 is 1.74 bits per heavy atom. The summed E-state index contributed by atoms with van der Waals surface area (Å²) in [5.41, 5.74) is 0.732. The lowest BCUT2D eigenvalue weighted by atomic mass is 10.1. The molecule has 0 unspecified atom stereocenters. The summed E-state index contributed by atoms with van der Waals surface area (Å²) in [6.45, 7) is 12.8. The first-order valence-electron chi connectivity index (χ1n) is 6.66. The van der Waals surface area contributed by atoms with Crippen LogP contribution in [0.15, 0.2) is 24.3 Å². The molecule has 2 nitrogen and oxygen atoms in total. The van der Waals surface area contributed by atoms with Crippen molar-refractivity contribution in [2.45, 2.75) is 58.0 Å². The van der Waals surface area contributed by atoms with Gasteiger partial charge in [-0.3, -0.25) is 0 Å².